The summed E-state index contributed by atoms with van der Waals surface area (Å²) in [5.74, 6) is 0.367. The Kier molecular flexibility index (Phi) is 5.73. The predicted octanol–water partition coefficient (Wildman–Crippen LogP) is 2.36. The Labute approximate surface area is 147 Å². The highest BCUT2D eigenvalue weighted by molar-refractivity contribution is 6.04. The standard InChI is InChI=1S/C19H25N3O3/c23-11-7-14-5-9-22(10-6-14)18-4-3-15(13-24)12-17(18)21-19(25)16-2-1-8-20-16/h1-4,8,12,14,20,23-24H,5-7,9-11,13H2,(H,21,25). The summed E-state index contributed by atoms with van der Waals surface area (Å²) in [5.41, 5.74) is 2.95. The molecule has 6 heteroatoms. The first-order valence-corrected chi connectivity index (χ1v) is 8.75. The van der Waals surface area contributed by atoms with Gasteiger partial charge in [-0.25, -0.2) is 0 Å². The lowest BCUT2D eigenvalue weighted by molar-refractivity contribution is 0.102. The van der Waals surface area contributed by atoms with Crippen molar-refractivity contribution in [2.75, 3.05) is 29.9 Å². The number of H-pyrrole nitrogens is 1. The molecule has 1 saturated heterocycles. The molecule has 1 aromatic carbocycles. The van der Waals surface area contributed by atoms with Gasteiger partial charge in [0.2, 0.25) is 0 Å². The van der Waals surface area contributed by atoms with E-state index >= 15 is 0 Å². The number of amides is 1. The third-order valence-electron chi connectivity index (χ3n) is 4.83. The van der Waals surface area contributed by atoms with Gasteiger partial charge >= 0.3 is 0 Å². The summed E-state index contributed by atoms with van der Waals surface area (Å²) in [4.78, 5) is 17.6. The van der Waals surface area contributed by atoms with Gasteiger partial charge in [-0.15, -0.1) is 0 Å². The van der Waals surface area contributed by atoms with Crippen LogP contribution in [-0.4, -0.2) is 40.8 Å². The van der Waals surface area contributed by atoms with Gasteiger partial charge in [-0.3, -0.25) is 4.79 Å². The lowest BCUT2D eigenvalue weighted by Gasteiger charge is -2.34. The second-order valence-corrected chi connectivity index (χ2v) is 6.49. The molecule has 1 fully saturated rings. The van der Waals surface area contributed by atoms with Crippen molar-refractivity contribution in [2.45, 2.75) is 25.9 Å². The molecule has 0 saturated carbocycles. The van der Waals surface area contributed by atoms with Crippen molar-refractivity contribution in [3.63, 3.8) is 0 Å². The number of aromatic nitrogens is 1. The number of nitrogens with one attached hydrogen (secondary N) is 2. The van der Waals surface area contributed by atoms with E-state index in [4.69, 9.17) is 5.11 Å². The Hall–Kier alpha value is -2.31. The van der Waals surface area contributed by atoms with E-state index in [0.717, 1.165) is 43.6 Å². The number of carbonyl (C=O) groups is 1. The van der Waals surface area contributed by atoms with Crippen LogP contribution in [0.2, 0.25) is 0 Å². The van der Waals surface area contributed by atoms with E-state index < -0.39 is 0 Å². The van der Waals surface area contributed by atoms with Crippen LogP contribution in [0.4, 0.5) is 11.4 Å². The van der Waals surface area contributed by atoms with Gasteiger partial charge in [-0.05, 0) is 55.0 Å². The molecule has 1 amide bonds. The largest absolute Gasteiger partial charge is 0.396 e. The van der Waals surface area contributed by atoms with Crippen molar-refractivity contribution < 1.29 is 15.0 Å². The molecule has 0 bridgehead atoms. The topological polar surface area (TPSA) is 88.6 Å². The van der Waals surface area contributed by atoms with Gasteiger partial charge in [0.1, 0.15) is 5.69 Å². The SMILES string of the molecule is O=C(Nc1cc(CO)ccc1N1CCC(CCO)CC1)c1ccc[nH]1. The highest BCUT2D eigenvalue weighted by Crippen LogP contribution is 2.32. The smallest absolute Gasteiger partial charge is 0.272 e. The van der Waals surface area contributed by atoms with E-state index in [-0.39, 0.29) is 19.1 Å². The Bertz CT molecular complexity index is 692. The van der Waals surface area contributed by atoms with E-state index in [9.17, 15) is 9.90 Å². The number of anilines is 2. The van der Waals surface area contributed by atoms with E-state index in [1.54, 1.807) is 18.3 Å². The first-order valence-electron chi connectivity index (χ1n) is 8.75. The molecule has 1 aromatic heterocycles. The average molecular weight is 343 g/mol. The van der Waals surface area contributed by atoms with Gasteiger partial charge in [0, 0.05) is 25.9 Å². The molecule has 0 radical (unpaired) electrons. The van der Waals surface area contributed by atoms with Crippen LogP contribution in [0.15, 0.2) is 36.5 Å². The minimum Gasteiger partial charge on any atom is -0.396 e. The summed E-state index contributed by atoms with van der Waals surface area (Å²) in [5, 5.41) is 21.5. The van der Waals surface area contributed by atoms with Crippen molar-refractivity contribution in [2.24, 2.45) is 5.92 Å². The number of carbonyl (C=O) groups excluding carboxylic acids is 1. The number of hydrogen-bond acceptors (Lipinski definition) is 4. The molecule has 0 unspecified atom stereocenters. The molecule has 2 aromatic rings. The van der Waals surface area contributed by atoms with Crippen LogP contribution in [0.1, 0.15) is 35.3 Å². The number of rotatable bonds is 6. The van der Waals surface area contributed by atoms with Crippen molar-refractivity contribution in [3.8, 4) is 0 Å². The molecule has 2 heterocycles. The highest BCUT2D eigenvalue weighted by atomic mass is 16.3. The fourth-order valence-electron chi connectivity index (χ4n) is 3.36. The van der Waals surface area contributed by atoms with Gasteiger partial charge in [0.15, 0.2) is 0 Å². The van der Waals surface area contributed by atoms with Crippen LogP contribution in [0.5, 0.6) is 0 Å². The first-order chi connectivity index (χ1) is 12.2. The maximum absolute atomic E-state index is 12.4. The Balaban J connectivity index is 1.78. The van der Waals surface area contributed by atoms with E-state index in [0.29, 0.717) is 17.3 Å². The summed E-state index contributed by atoms with van der Waals surface area (Å²) < 4.78 is 0. The number of nitrogens with zero attached hydrogens (tertiary/aromatic N) is 1. The molecular formula is C19H25N3O3. The number of aliphatic hydroxyl groups is 2. The number of piperidine rings is 1. The van der Waals surface area contributed by atoms with Crippen LogP contribution in [-0.2, 0) is 6.61 Å². The molecule has 4 N–H and O–H groups in total. The van der Waals surface area contributed by atoms with Gasteiger partial charge in [0.25, 0.3) is 5.91 Å². The summed E-state index contributed by atoms with van der Waals surface area (Å²) in [6, 6.07) is 9.19. The zero-order chi connectivity index (χ0) is 17.6. The number of benzene rings is 1. The normalized spacial score (nSPS) is 15.4. The first kappa shape index (κ1) is 17.5. The summed E-state index contributed by atoms with van der Waals surface area (Å²) >= 11 is 0. The highest BCUT2D eigenvalue weighted by Gasteiger charge is 2.21. The zero-order valence-corrected chi connectivity index (χ0v) is 14.2. The van der Waals surface area contributed by atoms with Crippen LogP contribution in [0.3, 0.4) is 0 Å². The maximum Gasteiger partial charge on any atom is 0.272 e. The summed E-state index contributed by atoms with van der Waals surface area (Å²) in [6.07, 6.45) is 4.64. The molecule has 134 valence electrons. The number of hydrogen-bond donors (Lipinski definition) is 4. The van der Waals surface area contributed by atoms with Crippen molar-refractivity contribution in [1.29, 1.82) is 0 Å². The lowest BCUT2D eigenvalue weighted by Crippen LogP contribution is -2.34. The van der Waals surface area contributed by atoms with Crippen molar-refractivity contribution in [1.82, 2.24) is 4.98 Å². The van der Waals surface area contributed by atoms with E-state index in [1.807, 2.05) is 18.2 Å². The Morgan fingerprint density at radius 3 is 2.68 bits per heavy atom. The van der Waals surface area contributed by atoms with Crippen LogP contribution >= 0.6 is 0 Å². The van der Waals surface area contributed by atoms with E-state index in [2.05, 4.69) is 15.2 Å². The average Bonchev–Trinajstić information content (AvgIpc) is 3.17. The van der Waals surface area contributed by atoms with Crippen molar-refractivity contribution >= 4 is 17.3 Å². The molecular weight excluding hydrogens is 318 g/mol. The summed E-state index contributed by atoms with van der Waals surface area (Å²) in [6.45, 7) is 1.97. The third-order valence-corrected chi connectivity index (χ3v) is 4.83. The second-order valence-electron chi connectivity index (χ2n) is 6.49. The quantitative estimate of drug-likeness (QED) is 0.648. The number of aliphatic hydroxyl groups excluding tert-OH is 2. The monoisotopic (exact) mass is 343 g/mol. The molecule has 0 atom stereocenters. The van der Waals surface area contributed by atoms with Gasteiger partial charge in [0.05, 0.1) is 18.0 Å². The molecule has 1 aliphatic heterocycles. The lowest BCUT2D eigenvalue weighted by atomic mass is 9.93. The summed E-state index contributed by atoms with van der Waals surface area (Å²) in [7, 11) is 0. The zero-order valence-electron chi connectivity index (χ0n) is 14.2. The third kappa shape index (κ3) is 4.21. The van der Waals surface area contributed by atoms with Crippen LogP contribution < -0.4 is 10.2 Å². The number of aromatic amines is 1. The second kappa shape index (κ2) is 8.18. The maximum atomic E-state index is 12.4. The molecule has 25 heavy (non-hydrogen) atoms. The Morgan fingerprint density at radius 2 is 2.04 bits per heavy atom. The Morgan fingerprint density at radius 1 is 1.24 bits per heavy atom. The fraction of sp³-hybridized carbons (Fsp3) is 0.421. The predicted molar refractivity (Wildman–Crippen MR) is 97.8 cm³/mol. The molecule has 0 spiro atoms. The van der Waals surface area contributed by atoms with Crippen LogP contribution in [0, 0.1) is 5.92 Å². The van der Waals surface area contributed by atoms with Crippen LogP contribution in [0.25, 0.3) is 0 Å². The van der Waals surface area contributed by atoms with Crippen molar-refractivity contribution in [3.05, 3.63) is 47.8 Å². The van der Waals surface area contributed by atoms with Gasteiger partial charge in [-0.2, -0.15) is 0 Å². The van der Waals surface area contributed by atoms with E-state index in [1.165, 1.54) is 0 Å². The molecule has 6 nitrogen and oxygen atoms in total. The molecule has 0 aliphatic carbocycles. The molecule has 3 rings (SSSR count). The minimum absolute atomic E-state index is 0.0653. The molecule has 1 aliphatic rings. The van der Waals surface area contributed by atoms with Gasteiger partial charge in [-0.1, -0.05) is 6.07 Å². The minimum atomic E-state index is -0.198. The van der Waals surface area contributed by atoms with Gasteiger partial charge < -0.3 is 25.4 Å². The fourth-order valence-corrected chi connectivity index (χ4v) is 3.36.